The molecule has 0 saturated heterocycles. The van der Waals surface area contributed by atoms with Crippen LogP contribution in [0.4, 0.5) is 4.79 Å². The van der Waals surface area contributed by atoms with Gasteiger partial charge in [-0.2, -0.15) is 0 Å². The molecule has 214 valence electrons. The van der Waals surface area contributed by atoms with Gasteiger partial charge in [-0.25, -0.2) is 9.59 Å². The zero-order valence-corrected chi connectivity index (χ0v) is 23.1. The van der Waals surface area contributed by atoms with Gasteiger partial charge in [0.25, 0.3) is 0 Å². The Bertz CT molecular complexity index is 1330. The Morgan fingerprint density at radius 2 is 1.54 bits per heavy atom. The van der Waals surface area contributed by atoms with Gasteiger partial charge in [0, 0.05) is 18.4 Å². The molecule has 0 radical (unpaired) electrons. The minimum Gasteiger partial charge on any atom is -0.480 e. The number of carboxylic acid groups (broad SMARTS) is 1. The Hall–Kier alpha value is -4.17. The molecule has 41 heavy (non-hydrogen) atoms. The standard InChI is InChI=1S/C33H36N2O6/c1-21(40-19-22-10-3-2-4-11-22)30(32(37)38)35-31(36)24-17-9-12-23(24)18-34-33(39)41-20-29-27-15-7-5-13-25(27)26-14-6-8-16-28(26)29/h2-8,10-11,13-16,21,23-24,29-30H,9,12,17-20H2,1H3,(H,34,39)(H,35,36)(H,37,38)/t21-,23-,24-,30+/m1/s1. The van der Waals surface area contributed by atoms with E-state index in [0.717, 1.165) is 40.7 Å². The predicted molar refractivity (Wildman–Crippen MR) is 154 cm³/mol. The van der Waals surface area contributed by atoms with Crippen LogP contribution >= 0.6 is 0 Å². The predicted octanol–water partition coefficient (Wildman–Crippen LogP) is 5.12. The Kier molecular flexibility index (Phi) is 8.99. The van der Waals surface area contributed by atoms with Gasteiger partial charge in [0.05, 0.1) is 12.7 Å². The molecular weight excluding hydrogens is 520 g/mol. The Balaban J connectivity index is 1.12. The van der Waals surface area contributed by atoms with Crippen molar-refractivity contribution in [3.8, 4) is 11.1 Å². The van der Waals surface area contributed by atoms with E-state index in [9.17, 15) is 19.5 Å². The number of carbonyl (C=O) groups is 3. The summed E-state index contributed by atoms with van der Waals surface area (Å²) >= 11 is 0. The average Bonchev–Trinajstić information content (AvgIpc) is 3.59. The maximum Gasteiger partial charge on any atom is 0.407 e. The third-order valence-electron chi connectivity index (χ3n) is 8.24. The van der Waals surface area contributed by atoms with Crippen LogP contribution in [-0.4, -0.2) is 48.4 Å². The molecule has 2 amide bonds. The molecule has 1 saturated carbocycles. The first-order chi connectivity index (χ1) is 19.9. The van der Waals surface area contributed by atoms with Crippen LogP contribution in [0.1, 0.15) is 48.8 Å². The summed E-state index contributed by atoms with van der Waals surface area (Å²) in [6.07, 6.45) is 0.973. The number of rotatable bonds is 11. The second kappa shape index (κ2) is 13.0. The van der Waals surface area contributed by atoms with E-state index in [2.05, 4.69) is 34.9 Å². The largest absolute Gasteiger partial charge is 0.480 e. The zero-order chi connectivity index (χ0) is 28.8. The van der Waals surface area contributed by atoms with Crippen LogP contribution in [0.5, 0.6) is 0 Å². The zero-order valence-electron chi connectivity index (χ0n) is 23.1. The summed E-state index contributed by atoms with van der Waals surface area (Å²) in [5, 5.41) is 15.3. The van der Waals surface area contributed by atoms with E-state index >= 15 is 0 Å². The number of ether oxygens (including phenoxy) is 2. The van der Waals surface area contributed by atoms with E-state index < -0.39 is 30.1 Å². The molecule has 2 aliphatic carbocycles. The molecular formula is C33H36N2O6. The second-order valence-electron chi connectivity index (χ2n) is 10.8. The number of hydrogen-bond donors (Lipinski definition) is 3. The second-order valence-corrected chi connectivity index (χ2v) is 10.8. The van der Waals surface area contributed by atoms with Crippen molar-refractivity contribution >= 4 is 18.0 Å². The van der Waals surface area contributed by atoms with Gasteiger partial charge < -0.3 is 25.2 Å². The summed E-state index contributed by atoms with van der Waals surface area (Å²) in [5.74, 6) is -2.01. The number of alkyl carbamates (subject to hydrolysis) is 1. The summed E-state index contributed by atoms with van der Waals surface area (Å²) in [7, 11) is 0. The lowest BCUT2D eigenvalue weighted by atomic mass is 9.94. The van der Waals surface area contributed by atoms with Crippen LogP contribution in [0.25, 0.3) is 11.1 Å². The van der Waals surface area contributed by atoms with Crippen molar-refractivity contribution in [1.82, 2.24) is 10.6 Å². The summed E-state index contributed by atoms with van der Waals surface area (Å²) in [6.45, 7) is 2.40. The molecule has 5 rings (SSSR count). The maximum absolute atomic E-state index is 13.2. The third kappa shape index (κ3) is 6.60. The van der Waals surface area contributed by atoms with Crippen LogP contribution < -0.4 is 10.6 Å². The van der Waals surface area contributed by atoms with Gasteiger partial charge >= 0.3 is 12.1 Å². The van der Waals surface area contributed by atoms with Crippen molar-refractivity contribution in [3.63, 3.8) is 0 Å². The highest BCUT2D eigenvalue weighted by Gasteiger charge is 2.37. The number of nitrogens with one attached hydrogen (secondary N) is 2. The Morgan fingerprint density at radius 3 is 2.20 bits per heavy atom. The molecule has 3 N–H and O–H groups in total. The highest BCUT2D eigenvalue weighted by Crippen LogP contribution is 2.44. The molecule has 2 aliphatic rings. The molecule has 3 aromatic rings. The van der Waals surface area contributed by atoms with Crippen LogP contribution in [-0.2, 0) is 25.7 Å². The fraction of sp³-hybridized carbons (Fsp3) is 0.364. The average molecular weight is 557 g/mol. The fourth-order valence-electron chi connectivity index (χ4n) is 6.03. The van der Waals surface area contributed by atoms with Gasteiger partial charge in [-0.1, -0.05) is 85.3 Å². The van der Waals surface area contributed by atoms with E-state index in [0.29, 0.717) is 6.42 Å². The quantitative estimate of drug-likeness (QED) is 0.302. The first-order valence-electron chi connectivity index (χ1n) is 14.2. The number of amides is 2. The van der Waals surface area contributed by atoms with Crippen molar-refractivity contribution in [2.75, 3.05) is 13.2 Å². The number of aliphatic carboxylic acids is 1. The van der Waals surface area contributed by atoms with E-state index in [1.54, 1.807) is 6.92 Å². The van der Waals surface area contributed by atoms with E-state index in [1.807, 2.05) is 54.6 Å². The van der Waals surface area contributed by atoms with Crippen molar-refractivity contribution in [2.24, 2.45) is 11.8 Å². The number of fused-ring (bicyclic) bond motifs is 3. The van der Waals surface area contributed by atoms with E-state index in [1.165, 1.54) is 0 Å². The first kappa shape index (κ1) is 28.4. The van der Waals surface area contributed by atoms with Crippen LogP contribution in [0.3, 0.4) is 0 Å². The molecule has 0 unspecified atom stereocenters. The van der Waals surface area contributed by atoms with Crippen molar-refractivity contribution in [2.45, 2.75) is 50.9 Å². The molecule has 0 aromatic heterocycles. The van der Waals surface area contributed by atoms with Gasteiger partial charge in [0.1, 0.15) is 6.61 Å². The molecule has 0 aliphatic heterocycles. The van der Waals surface area contributed by atoms with E-state index in [-0.39, 0.29) is 37.5 Å². The topological polar surface area (TPSA) is 114 Å². The Labute approximate surface area is 240 Å². The first-order valence-corrected chi connectivity index (χ1v) is 14.2. The molecule has 8 heteroatoms. The van der Waals surface area contributed by atoms with Gasteiger partial charge in [0.2, 0.25) is 5.91 Å². The van der Waals surface area contributed by atoms with Gasteiger partial charge in [-0.05, 0) is 53.5 Å². The fourth-order valence-corrected chi connectivity index (χ4v) is 6.03. The van der Waals surface area contributed by atoms with Gasteiger partial charge in [-0.3, -0.25) is 4.79 Å². The van der Waals surface area contributed by atoms with Gasteiger partial charge in [-0.15, -0.1) is 0 Å². The highest BCUT2D eigenvalue weighted by atomic mass is 16.5. The number of carbonyl (C=O) groups excluding carboxylic acids is 2. The van der Waals surface area contributed by atoms with Crippen LogP contribution in [0.2, 0.25) is 0 Å². The lowest BCUT2D eigenvalue weighted by molar-refractivity contribution is -0.147. The van der Waals surface area contributed by atoms with Gasteiger partial charge in [0.15, 0.2) is 6.04 Å². The minimum atomic E-state index is -1.18. The molecule has 1 fully saturated rings. The molecule has 0 spiro atoms. The summed E-state index contributed by atoms with van der Waals surface area (Å²) in [5.41, 5.74) is 5.53. The maximum atomic E-state index is 13.2. The van der Waals surface area contributed by atoms with Crippen LogP contribution in [0, 0.1) is 11.8 Å². The van der Waals surface area contributed by atoms with Crippen molar-refractivity contribution < 1.29 is 29.0 Å². The number of benzene rings is 3. The monoisotopic (exact) mass is 556 g/mol. The Morgan fingerprint density at radius 1 is 0.902 bits per heavy atom. The third-order valence-corrected chi connectivity index (χ3v) is 8.24. The molecule has 0 bridgehead atoms. The SMILES string of the molecule is C[C@@H](OCc1ccccc1)[C@H](NC(=O)[C@@H]1CCC[C@@H]1CNC(=O)OCC1c2ccccc2-c2ccccc21)C(=O)O. The molecule has 4 atom stereocenters. The van der Waals surface area contributed by atoms with Crippen molar-refractivity contribution in [3.05, 3.63) is 95.6 Å². The van der Waals surface area contributed by atoms with Crippen LogP contribution in [0.15, 0.2) is 78.9 Å². The summed E-state index contributed by atoms with van der Waals surface area (Å²) in [4.78, 5) is 37.8. The summed E-state index contributed by atoms with van der Waals surface area (Å²) < 4.78 is 11.4. The minimum absolute atomic E-state index is 0.0304. The lowest BCUT2D eigenvalue weighted by Crippen LogP contribution is -2.51. The number of carboxylic acids is 1. The molecule has 3 aromatic carbocycles. The molecule has 0 heterocycles. The van der Waals surface area contributed by atoms with E-state index in [4.69, 9.17) is 9.47 Å². The summed E-state index contributed by atoms with van der Waals surface area (Å²) in [6, 6.07) is 24.6. The molecule has 8 nitrogen and oxygen atoms in total. The van der Waals surface area contributed by atoms with Crippen molar-refractivity contribution in [1.29, 1.82) is 0 Å². The normalized spacial score (nSPS) is 19.0. The number of hydrogen-bond acceptors (Lipinski definition) is 5. The smallest absolute Gasteiger partial charge is 0.407 e. The lowest BCUT2D eigenvalue weighted by Gasteiger charge is -2.25. The highest BCUT2D eigenvalue weighted by molar-refractivity contribution is 5.86.